The van der Waals surface area contributed by atoms with Crippen molar-refractivity contribution in [2.45, 2.75) is 40.0 Å². The third-order valence-corrected chi connectivity index (χ3v) is 2.69. The van der Waals surface area contributed by atoms with Crippen LogP contribution in [0.2, 0.25) is 0 Å². The first-order valence-corrected chi connectivity index (χ1v) is 5.07. The normalized spacial score (nSPS) is 12.6. The lowest BCUT2D eigenvalue weighted by molar-refractivity contribution is -0.117. The van der Waals surface area contributed by atoms with Crippen LogP contribution >= 0.6 is 0 Å². The van der Waals surface area contributed by atoms with E-state index in [2.05, 4.69) is 39.0 Å². The Hall–Kier alpha value is -1.11. The minimum Gasteiger partial charge on any atom is -0.300 e. The van der Waals surface area contributed by atoms with Crippen molar-refractivity contribution in [3.63, 3.8) is 0 Å². The quantitative estimate of drug-likeness (QED) is 0.714. The maximum Gasteiger partial charge on any atom is 0.130 e. The standard InChI is InChI=1S/C13H18O/c1-9-5-6-13(8-10(9)2)11(3)7-12(4)14/h5-6,8,11H,7H2,1-4H3. The summed E-state index contributed by atoms with van der Waals surface area (Å²) < 4.78 is 0. The van der Waals surface area contributed by atoms with Gasteiger partial charge in [-0.2, -0.15) is 0 Å². The largest absolute Gasteiger partial charge is 0.300 e. The van der Waals surface area contributed by atoms with E-state index in [-0.39, 0.29) is 5.78 Å². The molecular formula is C13H18O. The first-order chi connectivity index (χ1) is 6.50. The van der Waals surface area contributed by atoms with Gasteiger partial charge in [0.15, 0.2) is 0 Å². The third-order valence-electron chi connectivity index (χ3n) is 2.69. The smallest absolute Gasteiger partial charge is 0.130 e. The van der Waals surface area contributed by atoms with Gasteiger partial charge in [0.25, 0.3) is 0 Å². The molecule has 0 aliphatic heterocycles. The summed E-state index contributed by atoms with van der Waals surface area (Å²) in [6.07, 6.45) is 0.641. The number of hydrogen-bond donors (Lipinski definition) is 0. The summed E-state index contributed by atoms with van der Waals surface area (Å²) in [4.78, 5) is 11.0. The van der Waals surface area contributed by atoms with Crippen LogP contribution in [0.3, 0.4) is 0 Å². The lowest BCUT2D eigenvalue weighted by Crippen LogP contribution is -2.00. The van der Waals surface area contributed by atoms with Crippen molar-refractivity contribution < 1.29 is 4.79 Å². The molecule has 14 heavy (non-hydrogen) atoms. The summed E-state index contributed by atoms with van der Waals surface area (Å²) >= 11 is 0. The predicted octanol–water partition coefficient (Wildman–Crippen LogP) is 3.39. The molecule has 0 N–H and O–H groups in total. The van der Waals surface area contributed by atoms with Crippen molar-refractivity contribution in [1.82, 2.24) is 0 Å². The van der Waals surface area contributed by atoms with Gasteiger partial charge in [-0.05, 0) is 43.4 Å². The molecule has 0 spiro atoms. The van der Waals surface area contributed by atoms with Crippen LogP contribution in [-0.4, -0.2) is 5.78 Å². The van der Waals surface area contributed by atoms with Crippen LogP contribution in [0, 0.1) is 13.8 Å². The molecule has 0 radical (unpaired) electrons. The van der Waals surface area contributed by atoms with E-state index >= 15 is 0 Å². The zero-order valence-electron chi connectivity index (χ0n) is 9.42. The Labute approximate surface area is 86.1 Å². The molecule has 0 amide bonds. The highest BCUT2D eigenvalue weighted by Crippen LogP contribution is 2.21. The molecule has 1 aromatic carbocycles. The first-order valence-electron chi connectivity index (χ1n) is 5.07. The molecule has 1 aromatic rings. The zero-order chi connectivity index (χ0) is 10.7. The Kier molecular flexibility index (Phi) is 3.45. The van der Waals surface area contributed by atoms with E-state index in [4.69, 9.17) is 0 Å². The number of ketones is 1. The molecule has 0 aliphatic rings. The van der Waals surface area contributed by atoms with Gasteiger partial charge in [0.05, 0.1) is 0 Å². The Morgan fingerprint density at radius 2 is 1.93 bits per heavy atom. The Morgan fingerprint density at radius 1 is 1.29 bits per heavy atom. The van der Waals surface area contributed by atoms with Gasteiger partial charge in [-0.25, -0.2) is 0 Å². The fourth-order valence-electron chi connectivity index (χ4n) is 1.62. The van der Waals surface area contributed by atoms with E-state index in [1.165, 1.54) is 16.7 Å². The van der Waals surface area contributed by atoms with Crippen LogP contribution in [-0.2, 0) is 4.79 Å². The number of carbonyl (C=O) groups excluding carboxylic acids is 1. The van der Waals surface area contributed by atoms with Gasteiger partial charge < -0.3 is 4.79 Å². The number of Topliss-reactive ketones (excluding diaryl/α,β-unsaturated/α-hetero) is 1. The van der Waals surface area contributed by atoms with Gasteiger partial charge in [0.2, 0.25) is 0 Å². The molecular weight excluding hydrogens is 172 g/mol. The summed E-state index contributed by atoms with van der Waals surface area (Å²) in [5, 5.41) is 0. The van der Waals surface area contributed by atoms with Gasteiger partial charge in [0.1, 0.15) is 5.78 Å². The molecule has 0 aliphatic carbocycles. The van der Waals surface area contributed by atoms with Crippen molar-refractivity contribution in [2.24, 2.45) is 0 Å². The number of hydrogen-bond acceptors (Lipinski definition) is 1. The third kappa shape index (κ3) is 2.69. The summed E-state index contributed by atoms with van der Waals surface area (Å²) in [5.74, 6) is 0.600. The number of carbonyl (C=O) groups is 1. The van der Waals surface area contributed by atoms with Gasteiger partial charge in [-0.3, -0.25) is 0 Å². The van der Waals surface area contributed by atoms with Crippen LogP contribution < -0.4 is 0 Å². The van der Waals surface area contributed by atoms with E-state index in [0.29, 0.717) is 12.3 Å². The van der Waals surface area contributed by atoms with E-state index in [9.17, 15) is 4.79 Å². The Morgan fingerprint density at radius 3 is 2.43 bits per heavy atom. The average molecular weight is 190 g/mol. The topological polar surface area (TPSA) is 17.1 Å². The van der Waals surface area contributed by atoms with Crippen molar-refractivity contribution in [1.29, 1.82) is 0 Å². The maximum atomic E-state index is 11.0. The molecule has 1 rings (SSSR count). The van der Waals surface area contributed by atoms with Crippen LogP contribution in [0.15, 0.2) is 18.2 Å². The van der Waals surface area contributed by atoms with Gasteiger partial charge in [-0.1, -0.05) is 25.1 Å². The van der Waals surface area contributed by atoms with Crippen LogP contribution in [0.5, 0.6) is 0 Å². The van der Waals surface area contributed by atoms with Crippen LogP contribution in [0.4, 0.5) is 0 Å². The molecule has 1 unspecified atom stereocenters. The van der Waals surface area contributed by atoms with Crippen molar-refractivity contribution in [3.05, 3.63) is 34.9 Å². The average Bonchev–Trinajstić information content (AvgIpc) is 2.08. The monoisotopic (exact) mass is 190 g/mol. The van der Waals surface area contributed by atoms with Crippen molar-refractivity contribution >= 4 is 5.78 Å². The fourth-order valence-corrected chi connectivity index (χ4v) is 1.62. The van der Waals surface area contributed by atoms with Crippen molar-refractivity contribution in [3.8, 4) is 0 Å². The minimum atomic E-state index is 0.260. The molecule has 0 bridgehead atoms. The molecule has 0 saturated heterocycles. The summed E-state index contributed by atoms with van der Waals surface area (Å²) in [5.41, 5.74) is 3.88. The van der Waals surface area contributed by atoms with Crippen molar-refractivity contribution in [2.75, 3.05) is 0 Å². The lowest BCUT2D eigenvalue weighted by Gasteiger charge is -2.11. The summed E-state index contributed by atoms with van der Waals surface area (Å²) in [7, 11) is 0. The highest BCUT2D eigenvalue weighted by atomic mass is 16.1. The molecule has 0 fully saturated rings. The maximum absolute atomic E-state index is 11.0. The molecule has 76 valence electrons. The predicted molar refractivity (Wildman–Crippen MR) is 59.6 cm³/mol. The second-order valence-corrected chi connectivity index (χ2v) is 4.15. The molecule has 1 heteroatoms. The lowest BCUT2D eigenvalue weighted by atomic mass is 9.93. The number of benzene rings is 1. The summed E-state index contributed by atoms with van der Waals surface area (Å²) in [6, 6.07) is 6.43. The molecule has 0 saturated carbocycles. The second-order valence-electron chi connectivity index (χ2n) is 4.15. The highest BCUT2D eigenvalue weighted by molar-refractivity contribution is 5.76. The summed E-state index contributed by atoms with van der Waals surface area (Å²) in [6.45, 7) is 7.97. The molecule has 0 aromatic heterocycles. The fraction of sp³-hybridized carbons (Fsp3) is 0.462. The minimum absolute atomic E-state index is 0.260. The van der Waals surface area contributed by atoms with Gasteiger partial charge >= 0.3 is 0 Å². The van der Waals surface area contributed by atoms with E-state index in [1.54, 1.807) is 6.92 Å². The zero-order valence-corrected chi connectivity index (χ0v) is 9.42. The Balaban J connectivity index is 2.85. The highest BCUT2D eigenvalue weighted by Gasteiger charge is 2.08. The number of rotatable bonds is 3. The van der Waals surface area contributed by atoms with E-state index in [1.807, 2.05) is 0 Å². The van der Waals surface area contributed by atoms with E-state index < -0.39 is 0 Å². The van der Waals surface area contributed by atoms with Crippen LogP contribution in [0.1, 0.15) is 42.9 Å². The molecule has 0 heterocycles. The first kappa shape index (κ1) is 11.0. The number of aryl methyl sites for hydroxylation is 2. The Bertz CT molecular complexity index is 339. The van der Waals surface area contributed by atoms with Gasteiger partial charge in [0, 0.05) is 6.42 Å². The SMILES string of the molecule is CC(=O)CC(C)c1ccc(C)c(C)c1. The van der Waals surface area contributed by atoms with Gasteiger partial charge in [-0.15, -0.1) is 0 Å². The molecule has 1 nitrogen and oxygen atoms in total. The molecule has 1 atom stereocenters. The van der Waals surface area contributed by atoms with Crippen LogP contribution in [0.25, 0.3) is 0 Å². The second kappa shape index (κ2) is 4.41. The van der Waals surface area contributed by atoms with E-state index in [0.717, 1.165) is 0 Å².